The van der Waals surface area contributed by atoms with E-state index in [4.69, 9.17) is 4.74 Å². The van der Waals surface area contributed by atoms with Crippen LogP contribution in [-0.4, -0.2) is 24.3 Å². The molecule has 2 unspecified atom stereocenters. The number of ether oxygens (including phenoxy) is 1. The van der Waals surface area contributed by atoms with E-state index < -0.39 is 11.9 Å². The lowest BCUT2D eigenvalue weighted by Gasteiger charge is -2.55. The van der Waals surface area contributed by atoms with Gasteiger partial charge in [0.15, 0.2) is 0 Å². The van der Waals surface area contributed by atoms with Crippen LogP contribution in [0.1, 0.15) is 39.0 Å². The molecule has 106 valence electrons. The molecule has 0 radical (unpaired) electrons. The zero-order chi connectivity index (χ0) is 13.8. The lowest BCUT2D eigenvalue weighted by Crippen LogP contribution is -2.53. The highest BCUT2D eigenvalue weighted by Crippen LogP contribution is 2.58. The van der Waals surface area contributed by atoms with Crippen molar-refractivity contribution in [1.82, 2.24) is 0 Å². The van der Waals surface area contributed by atoms with E-state index in [0.29, 0.717) is 31.5 Å². The Kier molecular flexibility index (Phi) is 2.74. The summed E-state index contributed by atoms with van der Waals surface area (Å²) in [6.07, 6.45) is 4.21. The molecule has 0 aromatic heterocycles. The van der Waals surface area contributed by atoms with Gasteiger partial charge in [-0.05, 0) is 38.0 Å². The van der Waals surface area contributed by atoms with Crippen LogP contribution in [0.3, 0.4) is 0 Å². The fourth-order valence-corrected chi connectivity index (χ4v) is 4.43. The minimum atomic E-state index is -3.43. The lowest BCUT2D eigenvalue weighted by atomic mass is 9.49. The second-order valence-electron chi connectivity index (χ2n) is 6.71. The van der Waals surface area contributed by atoms with Crippen LogP contribution < -0.4 is 0 Å². The van der Waals surface area contributed by atoms with Gasteiger partial charge in [-0.25, -0.2) is 4.79 Å². The standard InChI is InChI=1S/C14H18F2O3/c1-13(15,16)12(18)19-7-14-4-8-2-9(5-14)11(17)10(3-8)6-14/h8-10H,2-7H2,1H3. The van der Waals surface area contributed by atoms with Gasteiger partial charge in [0.1, 0.15) is 5.78 Å². The molecule has 0 saturated heterocycles. The molecule has 4 aliphatic rings. The molecule has 0 heterocycles. The number of rotatable bonds is 3. The Balaban J connectivity index is 1.68. The van der Waals surface area contributed by atoms with E-state index in [0.717, 1.165) is 19.3 Å². The topological polar surface area (TPSA) is 43.4 Å². The van der Waals surface area contributed by atoms with Gasteiger partial charge in [-0.2, -0.15) is 8.78 Å². The molecule has 4 fully saturated rings. The van der Waals surface area contributed by atoms with Gasteiger partial charge in [0, 0.05) is 24.2 Å². The fourth-order valence-electron chi connectivity index (χ4n) is 4.43. The second kappa shape index (κ2) is 4.00. The van der Waals surface area contributed by atoms with Crippen molar-refractivity contribution in [1.29, 1.82) is 0 Å². The highest BCUT2D eigenvalue weighted by atomic mass is 19.3. The van der Waals surface area contributed by atoms with Crippen molar-refractivity contribution in [2.75, 3.05) is 6.61 Å². The fraction of sp³-hybridized carbons (Fsp3) is 0.857. The van der Waals surface area contributed by atoms with Crippen molar-refractivity contribution in [3.63, 3.8) is 0 Å². The highest BCUT2D eigenvalue weighted by Gasteiger charge is 2.55. The van der Waals surface area contributed by atoms with Crippen LogP contribution in [0, 0.1) is 23.2 Å². The molecule has 4 rings (SSSR count). The Hall–Kier alpha value is -1.00. The Labute approximate surface area is 110 Å². The van der Waals surface area contributed by atoms with Crippen molar-refractivity contribution in [2.24, 2.45) is 23.2 Å². The molecule has 4 bridgehead atoms. The average molecular weight is 272 g/mol. The predicted octanol–water partition coefficient (Wildman–Crippen LogP) is 2.58. The third kappa shape index (κ3) is 2.17. The normalized spacial score (nSPS) is 40.6. The summed E-state index contributed by atoms with van der Waals surface area (Å²) >= 11 is 0. The van der Waals surface area contributed by atoms with Gasteiger partial charge in [0.05, 0.1) is 6.61 Å². The molecular formula is C14H18F2O3. The first kappa shape index (κ1) is 13.0. The van der Waals surface area contributed by atoms with E-state index >= 15 is 0 Å². The number of halogens is 2. The minimum absolute atomic E-state index is 0.0477. The minimum Gasteiger partial charge on any atom is -0.461 e. The summed E-state index contributed by atoms with van der Waals surface area (Å²) in [7, 11) is 0. The molecule has 0 aromatic rings. The molecule has 0 aromatic carbocycles. The maximum absolute atomic E-state index is 12.8. The predicted molar refractivity (Wildman–Crippen MR) is 62.6 cm³/mol. The summed E-state index contributed by atoms with van der Waals surface area (Å²) in [5, 5.41) is 0. The number of carbonyl (C=O) groups is 2. The van der Waals surface area contributed by atoms with Crippen LogP contribution in [0.25, 0.3) is 0 Å². The van der Waals surface area contributed by atoms with Gasteiger partial charge in [0.25, 0.3) is 0 Å². The van der Waals surface area contributed by atoms with Gasteiger partial charge in [-0.15, -0.1) is 0 Å². The summed E-state index contributed by atoms with van der Waals surface area (Å²) in [5.74, 6) is -3.87. The Morgan fingerprint density at radius 1 is 1.32 bits per heavy atom. The maximum atomic E-state index is 12.8. The summed E-state index contributed by atoms with van der Waals surface area (Å²) in [5.41, 5.74) is -0.217. The quantitative estimate of drug-likeness (QED) is 0.742. The number of Topliss-reactive ketones (excluding diaryl/α,β-unsaturated/α-hetero) is 1. The van der Waals surface area contributed by atoms with Crippen molar-refractivity contribution in [3.8, 4) is 0 Å². The molecule has 0 aliphatic heterocycles. The third-order valence-corrected chi connectivity index (χ3v) is 4.99. The monoisotopic (exact) mass is 272 g/mol. The Morgan fingerprint density at radius 3 is 2.42 bits per heavy atom. The van der Waals surface area contributed by atoms with Crippen molar-refractivity contribution in [2.45, 2.75) is 45.0 Å². The summed E-state index contributed by atoms with van der Waals surface area (Å²) in [6, 6.07) is 0. The molecule has 5 heteroatoms. The van der Waals surface area contributed by atoms with Crippen molar-refractivity contribution in [3.05, 3.63) is 0 Å². The zero-order valence-electron chi connectivity index (χ0n) is 11.0. The van der Waals surface area contributed by atoms with E-state index in [1.807, 2.05) is 0 Å². The molecule has 0 spiro atoms. The molecule has 3 nitrogen and oxygen atoms in total. The second-order valence-corrected chi connectivity index (χ2v) is 6.71. The Morgan fingerprint density at radius 2 is 1.89 bits per heavy atom. The first-order valence-corrected chi connectivity index (χ1v) is 6.88. The van der Waals surface area contributed by atoms with Gasteiger partial charge in [-0.3, -0.25) is 4.79 Å². The SMILES string of the molecule is CC(F)(F)C(=O)OCC12CC3CC(C1)C(=O)C(C3)C2. The van der Waals surface area contributed by atoms with E-state index in [1.165, 1.54) is 0 Å². The van der Waals surface area contributed by atoms with Crippen LogP contribution in [0.4, 0.5) is 8.78 Å². The smallest absolute Gasteiger partial charge is 0.376 e. The van der Waals surface area contributed by atoms with E-state index in [1.54, 1.807) is 0 Å². The maximum Gasteiger partial charge on any atom is 0.376 e. The molecule has 2 atom stereocenters. The first-order chi connectivity index (χ1) is 8.79. The van der Waals surface area contributed by atoms with Crippen LogP contribution in [-0.2, 0) is 14.3 Å². The highest BCUT2D eigenvalue weighted by molar-refractivity contribution is 5.85. The van der Waals surface area contributed by atoms with E-state index in [2.05, 4.69) is 0 Å². The molecule has 4 aliphatic carbocycles. The van der Waals surface area contributed by atoms with Crippen LogP contribution in [0.15, 0.2) is 0 Å². The van der Waals surface area contributed by atoms with Gasteiger partial charge in [0.2, 0.25) is 0 Å². The molecule has 0 N–H and O–H groups in total. The van der Waals surface area contributed by atoms with Gasteiger partial charge >= 0.3 is 11.9 Å². The van der Waals surface area contributed by atoms with Crippen LogP contribution in [0.5, 0.6) is 0 Å². The number of alkyl halides is 2. The van der Waals surface area contributed by atoms with Crippen molar-refractivity contribution < 1.29 is 23.1 Å². The first-order valence-electron chi connectivity index (χ1n) is 6.88. The molecule has 4 saturated carbocycles. The summed E-state index contributed by atoms with van der Waals surface area (Å²) < 4.78 is 30.4. The zero-order valence-corrected chi connectivity index (χ0v) is 11.0. The van der Waals surface area contributed by atoms with Crippen LogP contribution >= 0.6 is 0 Å². The number of carbonyl (C=O) groups excluding carboxylic acids is 2. The van der Waals surface area contributed by atoms with Gasteiger partial charge in [-0.1, -0.05) is 0 Å². The van der Waals surface area contributed by atoms with Gasteiger partial charge < -0.3 is 4.74 Å². The van der Waals surface area contributed by atoms with E-state index in [-0.39, 0.29) is 23.9 Å². The molecule has 0 amide bonds. The summed E-state index contributed by atoms with van der Waals surface area (Å²) in [6.45, 7) is 0.602. The molecule has 19 heavy (non-hydrogen) atoms. The number of hydrogen-bond donors (Lipinski definition) is 0. The lowest BCUT2D eigenvalue weighted by molar-refractivity contribution is -0.180. The number of esters is 1. The summed E-state index contributed by atoms with van der Waals surface area (Å²) in [4.78, 5) is 23.2. The average Bonchev–Trinajstić information content (AvgIpc) is 2.30. The van der Waals surface area contributed by atoms with Crippen molar-refractivity contribution >= 4 is 11.8 Å². The Bertz CT molecular complexity index is 409. The number of hydrogen-bond acceptors (Lipinski definition) is 3. The largest absolute Gasteiger partial charge is 0.461 e. The third-order valence-electron chi connectivity index (χ3n) is 4.99. The van der Waals surface area contributed by atoms with E-state index in [9.17, 15) is 18.4 Å². The molecular weight excluding hydrogens is 254 g/mol. The van der Waals surface area contributed by atoms with Crippen LogP contribution in [0.2, 0.25) is 0 Å². The number of ketones is 1.